The molecule has 2 aliphatic heterocycles. The zero-order chi connectivity index (χ0) is 44.6. The molecule has 0 aromatic heterocycles. The van der Waals surface area contributed by atoms with Crippen LogP contribution in [0.25, 0.3) is 0 Å². The van der Waals surface area contributed by atoms with Gasteiger partial charge in [-0.25, -0.2) is 4.39 Å². The van der Waals surface area contributed by atoms with E-state index in [4.69, 9.17) is 11.6 Å². The first-order valence-electron chi connectivity index (χ1n) is 19.6. The fourth-order valence-corrected chi connectivity index (χ4v) is 7.23. The Kier molecular flexibility index (Phi) is 17.1. The Morgan fingerprint density at radius 3 is 2.32 bits per heavy atom. The monoisotopic (exact) mass is 861 g/mol. The zero-order valence-corrected chi connectivity index (χ0v) is 35.1. The van der Waals surface area contributed by atoms with Crippen molar-refractivity contribution < 1.29 is 56.2 Å². The molecule has 330 valence electrons. The third-order valence-electron chi connectivity index (χ3n) is 10.6. The SMILES string of the molecule is CC[C@H](NC(=O)[C@@H]1C[C@@H](F)CN1C(=O)[C@@](C)(O)C(F)(F)F)C(=O)N(C)[C@H]1CCCCNC(=O)[C@@H](C)NC(=O)[C@H](Cc2cccc(Cl)c2)N(C)C(=O)[C@H](CC(C)C)NC1=O. The fourth-order valence-electron chi connectivity index (χ4n) is 7.02. The number of halogens is 5. The summed E-state index contributed by atoms with van der Waals surface area (Å²) in [5.74, 6) is -6.51. The number of hydrogen-bond acceptors (Lipinski definition) is 8. The highest BCUT2D eigenvalue weighted by Gasteiger charge is 2.59. The van der Waals surface area contributed by atoms with Gasteiger partial charge in [-0.3, -0.25) is 33.6 Å². The molecule has 0 unspecified atom stereocenters. The van der Waals surface area contributed by atoms with Gasteiger partial charge in [0.1, 0.15) is 42.4 Å². The molecule has 20 heteroatoms. The van der Waals surface area contributed by atoms with Gasteiger partial charge in [0.05, 0.1) is 6.54 Å². The molecule has 2 aliphatic rings. The average Bonchev–Trinajstić information content (AvgIpc) is 3.55. The number of likely N-dealkylation sites (N-methyl/N-ethyl adjacent to an activating group) is 2. The molecule has 3 rings (SSSR count). The number of alkyl halides is 4. The van der Waals surface area contributed by atoms with Crippen LogP contribution in [0.1, 0.15) is 78.7 Å². The normalized spacial score (nSPS) is 25.7. The molecule has 1 aromatic carbocycles. The topological polar surface area (TPSA) is 198 Å². The number of carbonyl (C=O) groups is 7. The molecule has 7 amide bonds. The maximum atomic E-state index is 14.5. The fraction of sp³-hybridized carbons (Fsp3) is 0.667. The number of amides is 7. The number of carbonyl (C=O) groups excluding carboxylic acids is 7. The molecule has 8 atom stereocenters. The molecule has 2 fully saturated rings. The third kappa shape index (κ3) is 12.5. The predicted octanol–water partition coefficient (Wildman–Crippen LogP) is 2.02. The van der Waals surface area contributed by atoms with Gasteiger partial charge in [-0.05, 0) is 69.6 Å². The highest BCUT2D eigenvalue weighted by molar-refractivity contribution is 6.30. The number of nitrogens with one attached hydrogen (secondary N) is 4. The van der Waals surface area contributed by atoms with Crippen molar-refractivity contribution in [3.05, 3.63) is 34.9 Å². The summed E-state index contributed by atoms with van der Waals surface area (Å²) in [6, 6.07) is -1.05. The summed E-state index contributed by atoms with van der Waals surface area (Å²) in [4.78, 5) is 98.0. The molecule has 2 heterocycles. The van der Waals surface area contributed by atoms with Gasteiger partial charge >= 0.3 is 6.18 Å². The molecule has 0 spiro atoms. The minimum Gasteiger partial charge on any atom is -0.373 e. The van der Waals surface area contributed by atoms with Crippen molar-refractivity contribution in [1.29, 1.82) is 0 Å². The summed E-state index contributed by atoms with van der Waals surface area (Å²) in [5, 5.41) is 20.9. The van der Waals surface area contributed by atoms with Crippen molar-refractivity contribution in [1.82, 2.24) is 36.0 Å². The lowest BCUT2D eigenvalue weighted by molar-refractivity contribution is -0.250. The molecule has 59 heavy (non-hydrogen) atoms. The number of likely N-dealkylation sites (tertiary alicyclic amines) is 1. The Bertz CT molecular complexity index is 1720. The van der Waals surface area contributed by atoms with Crippen LogP contribution in [0.3, 0.4) is 0 Å². The van der Waals surface area contributed by atoms with Gasteiger partial charge < -0.3 is 41.1 Å². The van der Waals surface area contributed by atoms with Crippen molar-refractivity contribution in [3.63, 3.8) is 0 Å². The molecule has 5 N–H and O–H groups in total. The first-order chi connectivity index (χ1) is 27.4. The van der Waals surface area contributed by atoms with Crippen molar-refractivity contribution in [3.8, 4) is 0 Å². The number of nitrogens with zero attached hydrogens (tertiary/aromatic N) is 3. The van der Waals surface area contributed by atoms with Gasteiger partial charge in [-0.2, -0.15) is 13.2 Å². The summed E-state index contributed by atoms with van der Waals surface area (Å²) in [6.45, 7) is 6.10. The van der Waals surface area contributed by atoms with Gasteiger partial charge in [0, 0.05) is 38.5 Å². The molecule has 1 aromatic rings. The summed E-state index contributed by atoms with van der Waals surface area (Å²) in [5.41, 5.74) is -3.29. The number of benzene rings is 1. The largest absolute Gasteiger partial charge is 0.426 e. The molecule has 0 saturated carbocycles. The van der Waals surface area contributed by atoms with E-state index in [1.807, 2.05) is 13.8 Å². The van der Waals surface area contributed by atoms with E-state index in [2.05, 4.69) is 21.3 Å². The van der Waals surface area contributed by atoms with Crippen LogP contribution in [-0.2, 0) is 40.0 Å². The van der Waals surface area contributed by atoms with Gasteiger partial charge in [0.15, 0.2) is 0 Å². The standard InChI is InChI=1S/C39H56ClF4N7O8/c1-8-26(47-34(55)30-19-25(41)20-51(30)37(58)38(5,59)39(42,43)44)35(56)49(6)28-14-9-10-15-45-31(52)22(4)46-33(54)29(18-23-12-11-13-24(40)17-23)50(7)36(57)27(16-21(2)3)48-32(28)53/h11-13,17,21-22,25-30,59H,8-10,14-16,18-20H2,1-7H3,(H,45,52)(H,46,54)(H,47,55)(H,48,53)/t22-,25-,26+,27+,28+,29+,30+,38-/m1/s1. The molecule has 0 radical (unpaired) electrons. The van der Waals surface area contributed by atoms with Crippen LogP contribution in [0.15, 0.2) is 24.3 Å². The average molecular weight is 862 g/mol. The Morgan fingerprint density at radius 1 is 1.07 bits per heavy atom. The molecule has 2 saturated heterocycles. The van der Waals surface area contributed by atoms with E-state index in [9.17, 15) is 56.2 Å². The zero-order valence-electron chi connectivity index (χ0n) is 34.3. The molecular weight excluding hydrogens is 806 g/mol. The van der Waals surface area contributed by atoms with E-state index in [0.717, 1.165) is 4.90 Å². The predicted molar refractivity (Wildman–Crippen MR) is 208 cm³/mol. The van der Waals surface area contributed by atoms with Crippen LogP contribution in [0, 0.1) is 5.92 Å². The highest BCUT2D eigenvalue weighted by Crippen LogP contribution is 2.34. The second kappa shape index (κ2) is 20.6. The minimum absolute atomic E-state index is 0.00964. The van der Waals surface area contributed by atoms with E-state index in [0.29, 0.717) is 21.9 Å². The number of aliphatic hydroxyl groups is 1. The maximum Gasteiger partial charge on any atom is 0.426 e. The molecule has 15 nitrogen and oxygen atoms in total. The second-order valence-electron chi connectivity index (χ2n) is 15.8. The van der Waals surface area contributed by atoms with Crippen molar-refractivity contribution in [2.24, 2.45) is 5.92 Å². The van der Waals surface area contributed by atoms with Crippen LogP contribution in [0.4, 0.5) is 17.6 Å². The van der Waals surface area contributed by atoms with Crippen LogP contribution < -0.4 is 21.3 Å². The molecule has 0 bridgehead atoms. The Hall–Kier alpha value is -4.52. The van der Waals surface area contributed by atoms with Gasteiger partial charge in [-0.15, -0.1) is 0 Å². The Labute approximate surface area is 346 Å². The lowest BCUT2D eigenvalue weighted by Crippen LogP contribution is -2.61. The Morgan fingerprint density at radius 2 is 1.73 bits per heavy atom. The quantitative estimate of drug-likeness (QED) is 0.220. The lowest BCUT2D eigenvalue weighted by Gasteiger charge is -2.35. The lowest BCUT2D eigenvalue weighted by atomic mass is 9.98. The summed E-state index contributed by atoms with van der Waals surface area (Å²) < 4.78 is 55.0. The number of rotatable bonds is 10. The van der Waals surface area contributed by atoms with Gasteiger partial charge in [-0.1, -0.05) is 44.5 Å². The number of hydrogen-bond donors (Lipinski definition) is 5. The molecular formula is C39H56ClF4N7O8. The van der Waals surface area contributed by atoms with Crippen LogP contribution in [0.5, 0.6) is 0 Å². The van der Waals surface area contributed by atoms with Crippen molar-refractivity contribution in [2.75, 3.05) is 27.2 Å². The van der Waals surface area contributed by atoms with Gasteiger partial charge in [0.2, 0.25) is 41.0 Å². The maximum absolute atomic E-state index is 14.5. The Balaban J connectivity index is 1.93. The smallest absolute Gasteiger partial charge is 0.373 e. The second-order valence-corrected chi connectivity index (χ2v) is 16.3. The van der Waals surface area contributed by atoms with E-state index in [1.165, 1.54) is 32.8 Å². The first-order valence-corrected chi connectivity index (χ1v) is 20.0. The van der Waals surface area contributed by atoms with E-state index >= 15 is 0 Å². The third-order valence-corrected chi connectivity index (χ3v) is 10.9. The highest BCUT2D eigenvalue weighted by atomic mass is 35.5. The summed E-state index contributed by atoms with van der Waals surface area (Å²) in [7, 11) is 2.70. The van der Waals surface area contributed by atoms with Crippen LogP contribution in [0.2, 0.25) is 5.02 Å². The van der Waals surface area contributed by atoms with E-state index in [-0.39, 0.29) is 51.5 Å². The van der Waals surface area contributed by atoms with Crippen molar-refractivity contribution in [2.45, 2.75) is 134 Å². The van der Waals surface area contributed by atoms with Crippen molar-refractivity contribution >= 4 is 53.0 Å². The first kappa shape index (κ1) is 48.8. The van der Waals surface area contributed by atoms with Crippen LogP contribution >= 0.6 is 11.6 Å². The van der Waals surface area contributed by atoms with Crippen LogP contribution in [-0.4, -0.2) is 143 Å². The van der Waals surface area contributed by atoms with E-state index in [1.54, 1.807) is 24.3 Å². The summed E-state index contributed by atoms with van der Waals surface area (Å²) >= 11 is 6.21. The molecule has 0 aliphatic carbocycles. The van der Waals surface area contributed by atoms with E-state index < -0.39 is 109 Å². The van der Waals surface area contributed by atoms with Gasteiger partial charge in [0.25, 0.3) is 5.91 Å². The minimum atomic E-state index is -5.43. The summed E-state index contributed by atoms with van der Waals surface area (Å²) in [6.07, 6.45) is -7.33.